The van der Waals surface area contributed by atoms with Crippen molar-refractivity contribution in [3.8, 4) is 0 Å². The number of hydrogen-bond donors (Lipinski definition) is 3. The second-order valence-corrected chi connectivity index (χ2v) is 5.25. The lowest BCUT2D eigenvalue weighted by Gasteiger charge is -2.39. The molecule has 2 rings (SSSR count). The molecule has 4 N–H and O–H groups in total. The van der Waals surface area contributed by atoms with E-state index in [0.717, 1.165) is 51.4 Å². The Morgan fingerprint density at radius 2 is 1.88 bits per heavy atom. The highest BCUT2D eigenvalue weighted by Crippen LogP contribution is 2.31. The molecule has 5 nitrogen and oxygen atoms in total. The minimum absolute atomic E-state index is 0.0738. The van der Waals surface area contributed by atoms with Gasteiger partial charge in [-0.05, 0) is 25.7 Å². The fourth-order valence-electron chi connectivity index (χ4n) is 2.70. The first-order valence-electron chi connectivity index (χ1n) is 6.48. The molecule has 2 saturated carbocycles. The number of carbonyl (C=O) groups excluding carboxylic acids is 1. The summed E-state index contributed by atoms with van der Waals surface area (Å²) in [7, 11) is 0. The zero-order valence-corrected chi connectivity index (χ0v) is 10.1. The van der Waals surface area contributed by atoms with Gasteiger partial charge in [0.25, 0.3) is 0 Å². The monoisotopic (exact) mass is 239 g/mol. The predicted octanol–water partition coefficient (Wildman–Crippen LogP) is 1.35. The van der Waals surface area contributed by atoms with Gasteiger partial charge in [-0.3, -0.25) is 4.79 Å². The lowest BCUT2D eigenvalue weighted by molar-refractivity contribution is -0.129. The van der Waals surface area contributed by atoms with Crippen LogP contribution < -0.4 is 11.1 Å². The molecule has 1 amide bonds. The number of carbonyl (C=O) groups is 1. The topological polar surface area (TPSA) is 87.7 Å². The maximum Gasteiger partial charge on any atom is 0.223 e. The van der Waals surface area contributed by atoms with E-state index in [-0.39, 0.29) is 17.7 Å². The van der Waals surface area contributed by atoms with E-state index in [2.05, 4.69) is 10.5 Å². The van der Waals surface area contributed by atoms with Crippen LogP contribution in [0.5, 0.6) is 0 Å². The van der Waals surface area contributed by atoms with Crippen molar-refractivity contribution in [3.05, 3.63) is 0 Å². The first kappa shape index (κ1) is 12.2. The van der Waals surface area contributed by atoms with Gasteiger partial charge in [0.1, 0.15) is 5.54 Å². The van der Waals surface area contributed by atoms with E-state index in [1.807, 2.05) is 0 Å². The minimum Gasteiger partial charge on any atom is -0.409 e. The molecular weight excluding hydrogens is 218 g/mol. The van der Waals surface area contributed by atoms with E-state index >= 15 is 0 Å². The first-order valence-corrected chi connectivity index (χ1v) is 6.48. The van der Waals surface area contributed by atoms with Crippen LogP contribution in [-0.2, 0) is 4.79 Å². The Labute approximate surface area is 101 Å². The van der Waals surface area contributed by atoms with Crippen molar-refractivity contribution in [1.82, 2.24) is 5.32 Å². The molecule has 0 unspecified atom stereocenters. The Morgan fingerprint density at radius 3 is 2.35 bits per heavy atom. The summed E-state index contributed by atoms with van der Waals surface area (Å²) in [6.07, 6.45) is 7.82. The number of nitrogens with two attached hydrogens (primary N) is 1. The number of amidine groups is 1. The normalized spacial score (nSPS) is 25.1. The molecule has 0 bridgehead atoms. The minimum atomic E-state index is -0.598. The van der Waals surface area contributed by atoms with Crippen LogP contribution >= 0.6 is 0 Å². The summed E-state index contributed by atoms with van der Waals surface area (Å²) in [5, 5.41) is 15.0. The number of nitrogens with zero attached hydrogens (tertiary/aromatic N) is 1. The summed E-state index contributed by atoms with van der Waals surface area (Å²) in [5.74, 6) is 0.370. The van der Waals surface area contributed by atoms with Crippen molar-refractivity contribution in [2.24, 2.45) is 16.8 Å². The first-order chi connectivity index (χ1) is 8.18. The molecule has 96 valence electrons. The van der Waals surface area contributed by atoms with Crippen LogP contribution in [0, 0.1) is 5.92 Å². The van der Waals surface area contributed by atoms with Crippen LogP contribution in [-0.4, -0.2) is 22.5 Å². The van der Waals surface area contributed by atoms with Crippen molar-refractivity contribution in [2.45, 2.75) is 56.9 Å². The quantitative estimate of drug-likeness (QED) is 0.301. The van der Waals surface area contributed by atoms with E-state index in [9.17, 15) is 4.79 Å². The molecule has 0 aromatic carbocycles. The number of rotatable bonds is 3. The van der Waals surface area contributed by atoms with Gasteiger partial charge in [-0.15, -0.1) is 0 Å². The Balaban J connectivity index is 2.06. The predicted molar refractivity (Wildman–Crippen MR) is 64.7 cm³/mol. The average molecular weight is 239 g/mol. The van der Waals surface area contributed by atoms with Gasteiger partial charge in [0, 0.05) is 5.92 Å². The standard InChI is InChI=1S/C12H21N3O2/c13-11(15-17)12(7-2-1-3-8-12)14-10(16)9-5-4-6-9/h9,17H,1-8H2,(H2,13,15)(H,14,16). The van der Waals surface area contributed by atoms with Crippen LogP contribution in [0.4, 0.5) is 0 Å². The van der Waals surface area contributed by atoms with E-state index in [1.54, 1.807) is 0 Å². The summed E-state index contributed by atoms with van der Waals surface area (Å²) in [4.78, 5) is 12.0. The molecular formula is C12H21N3O2. The molecule has 0 saturated heterocycles. The molecule has 0 spiro atoms. The lowest BCUT2D eigenvalue weighted by atomic mass is 9.78. The summed E-state index contributed by atoms with van der Waals surface area (Å²) < 4.78 is 0. The van der Waals surface area contributed by atoms with Gasteiger partial charge in [-0.1, -0.05) is 30.8 Å². The highest BCUT2D eigenvalue weighted by atomic mass is 16.4. The number of amides is 1. The van der Waals surface area contributed by atoms with Crippen molar-refractivity contribution in [1.29, 1.82) is 0 Å². The molecule has 17 heavy (non-hydrogen) atoms. The molecule has 2 aliphatic rings. The van der Waals surface area contributed by atoms with Crippen LogP contribution in [0.2, 0.25) is 0 Å². The van der Waals surface area contributed by atoms with Crippen molar-refractivity contribution < 1.29 is 10.0 Å². The third-order valence-electron chi connectivity index (χ3n) is 4.14. The van der Waals surface area contributed by atoms with Gasteiger partial charge in [0.05, 0.1) is 0 Å². The van der Waals surface area contributed by atoms with Crippen molar-refractivity contribution in [2.75, 3.05) is 0 Å². The summed E-state index contributed by atoms with van der Waals surface area (Å²) in [6, 6.07) is 0. The number of nitrogens with one attached hydrogen (secondary N) is 1. The molecule has 5 heteroatoms. The van der Waals surface area contributed by atoms with Gasteiger partial charge in [0.2, 0.25) is 5.91 Å². The molecule has 0 atom stereocenters. The van der Waals surface area contributed by atoms with Crippen molar-refractivity contribution in [3.63, 3.8) is 0 Å². The third kappa shape index (κ3) is 2.37. The molecule has 0 aromatic rings. The van der Waals surface area contributed by atoms with Gasteiger partial charge >= 0.3 is 0 Å². The molecule has 2 fully saturated rings. The Bertz CT molecular complexity index is 318. The van der Waals surface area contributed by atoms with E-state index in [1.165, 1.54) is 0 Å². The number of hydrogen-bond acceptors (Lipinski definition) is 3. The molecule has 2 aliphatic carbocycles. The second kappa shape index (κ2) is 4.94. The molecule has 0 heterocycles. The highest BCUT2D eigenvalue weighted by Gasteiger charge is 2.40. The van der Waals surface area contributed by atoms with Gasteiger partial charge in [-0.25, -0.2) is 0 Å². The smallest absolute Gasteiger partial charge is 0.223 e. The number of oxime groups is 1. The summed E-state index contributed by atoms with van der Waals surface area (Å²) in [6.45, 7) is 0. The lowest BCUT2D eigenvalue weighted by Crippen LogP contribution is -2.60. The highest BCUT2D eigenvalue weighted by molar-refractivity contribution is 5.94. The molecule has 0 radical (unpaired) electrons. The maximum absolute atomic E-state index is 12.0. The van der Waals surface area contributed by atoms with Crippen molar-refractivity contribution >= 4 is 11.7 Å². The molecule has 0 aliphatic heterocycles. The van der Waals surface area contributed by atoms with Gasteiger partial charge < -0.3 is 16.3 Å². The van der Waals surface area contributed by atoms with E-state index in [4.69, 9.17) is 10.9 Å². The van der Waals surface area contributed by atoms with Gasteiger partial charge in [-0.2, -0.15) is 0 Å². The Kier molecular flexibility index (Phi) is 3.54. The zero-order chi connectivity index (χ0) is 12.3. The fourth-order valence-corrected chi connectivity index (χ4v) is 2.70. The Hall–Kier alpha value is -1.26. The summed E-state index contributed by atoms with van der Waals surface area (Å²) in [5.41, 5.74) is 5.18. The fraction of sp³-hybridized carbons (Fsp3) is 0.833. The third-order valence-corrected chi connectivity index (χ3v) is 4.14. The van der Waals surface area contributed by atoms with Crippen LogP contribution in [0.25, 0.3) is 0 Å². The maximum atomic E-state index is 12.0. The van der Waals surface area contributed by atoms with E-state index in [0.29, 0.717) is 0 Å². The average Bonchev–Trinajstić information content (AvgIpc) is 2.26. The summed E-state index contributed by atoms with van der Waals surface area (Å²) >= 11 is 0. The largest absolute Gasteiger partial charge is 0.409 e. The van der Waals surface area contributed by atoms with Crippen LogP contribution in [0.1, 0.15) is 51.4 Å². The Morgan fingerprint density at radius 1 is 1.24 bits per heavy atom. The zero-order valence-electron chi connectivity index (χ0n) is 10.1. The second-order valence-electron chi connectivity index (χ2n) is 5.25. The molecule has 0 aromatic heterocycles. The van der Waals surface area contributed by atoms with E-state index < -0.39 is 5.54 Å². The van der Waals surface area contributed by atoms with Crippen LogP contribution in [0.15, 0.2) is 5.16 Å². The van der Waals surface area contributed by atoms with Gasteiger partial charge in [0.15, 0.2) is 5.84 Å². The SMILES string of the molecule is N/C(=N/O)C1(NC(=O)C2CCC2)CCCCC1. The van der Waals surface area contributed by atoms with Crippen LogP contribution in [0.3, 0.4) is 0 Å².